The van der Waals surface area contributed by atoms with Gasteiger partial charge in [0.05, 0.1) is 6.61 Å². The highest BCUT2D eigenvalue weighted by atomic mass is 16.6. The van der Waals surface area contributed by atoms with Gasteiger partial charge in [0, 0.05) is 25.2 Å². The van der Waals surface area contributed by atoms with E-state index in [2.05, 4.69) is 16.0 Å². The normalized spacial score (nSPS) is 10.7. The molecule has 0 aliphatic rings. The number of hydrogen-bond donors (Lipinski definition) is 3. The van der Waals surface area contributed by atoms with E-state index in [-0.39, 0.29) is 31.4 Å². The minimum absolute atomic E-state index is 0.122. The molecule has 2 aromatic carbocycles. The van der Waals surface area contributed by atoms with Crippen LogP contribution in [-0.4, -0.2) is 43.3 Å². The molecule has 2 aromatic rings. The van der Waals surface area contributed by atoms with E-state index in [4.69, 9.17) is 14.2 Å². The van der Waals surface area contributed by atoms with Gasteiger partial charge in [-0.2, -0.15) is 0 Å². The molecule has 34 heavy (non-hydrogen) atoms. The molecule has 0 radical (unpaired) electrons. The Morgan fingerprint density at radius 3 is 2.03 bits per heavy atom. The van der Waals surface area contributed by atoms with Crippen LogP contribution in [0.15, 0.2) is 48.5 Å². The molecule has 0 heterocycles. The zero-order valence-electron chi connectivity index (χ0n) is 20.1. The number of anilines is 1. The quantitative estimate of drug-likeness (QED) is 0.461. The van der Waals surface area contributed by atoms with E-state index in [1.54, 1.807) is 57.2 Å². The van der Waals surface area contributed by atoms with E-state index in [0.29, 0.717) is 24.6 Å². The molecule has 0 aliphatic carbocycles. The molecule has 0 aromatic heterocycles. The van der Waals surface area contributed by atoms with Gasteiger partial charge in [0.25, 0.3) is 5.91 Å². The van der Waals surface area contributed by atoms with E-state index >= 15 is 0 Å². The summed E-state index contributed by atoms with van der Waals surface area (Å²) in [4.78, 5) is 35.6. The fraction of sp³-hybridized carbons (Fsp3) is 0.400. The van der Waals surface area contributed by atoms with Gasteiger partial charge in [-0.15, -0.1) is 0 Å². The maximum absolute atomic E-state index is 12.1. The predicted molar refractivity (Wildman–Crippen MR) is 129 cm³/mol. The van der Waals surface area contributed by atoms with Crippen molar-refractivity contribution in [2.24, 2.45) is 0 Å². The second kappa shape index (κ2) is 13.1. The number of alkyl carbamates (subject to hydrolysis) is 1. The van der Waals surface area contributed by atoms with Crippen molar-refractivity contribution >= 4 is 23.6 Å². The Hall–Kier alpha value is -3.75. The highest BCUT2D eigenvalue weighted by molar-refractivity contribution is 5.91. The lowest BCUT2D eigenvalue weighted by molar-refractivity contribution is -0.121. The van der Waals surface area contributed by atoms with Crippen molar-refractivity contribution in [3.63, 3.8) is 0 Å². The number of carbonyl (C=O) groups is 3. The molecule has 0 atom stereocenters. The third kappa shape index (κ3) is 10.7. The first-order valence-electron chi connectivity index (χ1n) is 11.1. The minimum Gasteiger partial charge on any atom is -0.494 e. The van der Waals surface area contributed by atoms with Crippen molar-refractivity contribution in [3.05, 3.63) is 54.1 Å². The van der Waals surface area contributed by atoms with Gasteiger partial charge in [-0.3, -0.25) is 9.59 Å². The van der Waals surface area contributed by atoms with Crippen LogP contribution < -0.4 is 25.4 Å². The van der Waals surface area contributed by atoms with Crippen LogP contribution in [0.2, 0.25) is 0 Å². The van der Waals surface area contributed by atoms with Gasteiger partial charge in [0.15, 0.2) is 6.61 Å². The second-order valence-electron chi connectivity index (χ2n) is 8.39. The molecule has 0 unspecified atom stereocenters. The van der Waals surface area contributed by atoms with E-state index in [1.807, 2.05) is 19.1 Å². The molecule has 0 bridgehead atoms. The maximum atomic E-state index is 12.1. The fourth-order valence-electron chi connectivity index (χ4n) is 2.73. The summed E-state index contributed by atoms with van der Waals surface area (Å²) in [7, 11) is 0. The van der Waals surface area contributed by atoms with E-state index in [1.165, 1.54) is 0 Å². The SMILES string of the molecule is CCOc1ccc(OCC(=O)Nc2ccc(CNC(=O)CCNC(=O)OC(C)(C)C)cc2)cc1. The third-order valence-electron chi connectivity index (χ3n) is 4.25. The Balaban J connectivity index is 1.66. The molecule has 0 fully saturated rings. The van der Waals surface area contributed by atoms with Gasteiger partial charge in [0.1, 0.15) is 17.1 Å². The van der Waals surface area contributed by atoms with Crippen LogP contribution in [0, 0.1) is 0 Å². The Bertz CT molecular complexity index is 937. The number of carbonyl (C=O) groups excluding carboxylic acids is 3. The Morgan fingerprint density at radius 1 is 0.824 bits per heavy atom. The molecule has 0 aliphatic heterocycles. The molecule has 3 amide bonds. The van der Waals surface area contributed by atoms with Gasteiger partial charge in [0.2, 0.25) is 5.91 Å². The van der Waals surface area contributed by atoms with Crippen LogP contribution in [0.3, 0.4) is 0 Å². The Kier molecular flexibility index (Phi) is 10.2. The first-order chi connectivity index (χ1) is 16.1. The Labute approximate surface area is 200 Å². The van der Waals surface area contributed by atoms with Crippen LogP contribution in [0.25, 0.3) is 0 Å². The van der Waals surface area contributed by atoms with Crippen molar-refractivity contribution < 1.29 is 28.6 Å². The number of nitrogens with one attached hydrogen (secondary N) is 3. The summed E-state index contributed by atoms with van der Waals surface area (Å²) in [5, 5.41) is 8.09. The van der Waals surface area contributed by atoms with Crippen LogP contribution in [-0.2, 0) is 20.9 Å². The van der Waals surface area contributed by atoms with E-state index in [0.717, 1.165) is 11.3 Å². The standard InChI is InChI=1S/C25H33N3O6/c1-5-32-20-10-12-21(13-11-20)33-17-23(30)28-19-8-6-18(7-9-19)16-27-22(29)14-15-26-24(31)34-25(2,3)4/h6-13H,5,14-17H2,1-4H3,(H,26,31)(H,27,29)(H,28,30). The lowest BCUT2D eigenvalue weighted by Crippen LogP contribution is -2.35. The van der Waals surface area contributed by atoms with Gasteiger partial charge in [-0.05, 0) is 69.7 Å². The smallest absolute Gasteiger partial charge is 0.407 e. The highest BCUT2D eigenvalue weighted by Crippen LogP contribution is 2.17. The van der Waals surface area contributed by atoms with Gasteiger partial charge >= 0.3 is 6.09 Å². The van der Waals surface area contributed by atoms with Crippen LogP contribution in [0.4, 0.5) is 10.5 Å². The fourth-order valence-corrected chi connectivity index (χ4v) is 2.73. The van der Waals surface area contributed by atoms with Crippen molar-refractivity contribution in [2.75, 3.05) is 25.1 Å². The maximum Gasteiger partial charge on any atom is 0.407 e. The van der Waals surface area contributed by atoms with E-state index in [9.17, 15) is 14.4 Å². The van der Waals surface area contributed by atoms with Crippen molar-refractivity contribution in [1.82, 2.24) is 10.6 Å². The topological polar surface area (TPSA) is 115 Å². The van der Waals surface area contributed by atoms with Crippen molar-refractivity contribution in [2.45, 2.75) is 46.3 Å². The largest absolute Gasteiger partial charge is 0.494 e. The minimum atomic E-state index is -0.582. The summed E-state index contributed by atoms with van der Waals surface area (Å²) in [6.45, 7) is 8.20. The molecular weight excluding hydrogens is 438 g/mol. The van der Waals surface area contributed by atoms with Gasteiger partial charge < -0.3 is 30.2 Å². The molecule has 2 rings (SSSR count). The van der Waals surface area contributed by atoms with Crippen molar-refractivity contribution in [1.29, 1.82) is 0 Å². The number of benzene rings is 2. The summed E-state index contributed by atoms with van der Waals surface area (Å²) >= 11 is 0. The molecule has 0 spiro atoms. The molecule has 9 nitrogen and oxygen atoms in total. The van der Waals surface area contributed by atoms with E-state index < -0.39 is 11.7 Å². The van der Waals surface area contributed by atoms with Gasteiger partial charge in [-0.25, -0.2) is 4.79 Å². The Morgan fingerprint density at radius 2 is 1.44 bits per heavy atom. The zero-order valence-corrected chi connectivity index (χ0v) is 20.1. The monoisotopic (exact) mass is 471 g/mol. The second-order valence-corrected chi connectivity index (χ2v) is 8.39. The van der Waals surface area contributed by atoms with Crippen LogP contribution in [0.5, 0.6) is 11.5 Å². The molecule has 184 valence electrons. The average molecular weight is 472 g/mol. The lowest BCUT2D eigenvalue weighted by atomic mass is 10.2. The third-order valence-corrected chi connectivity index (χ3v) is 4.25. The lowest BCUT2D eigenvalue weighted by Gasteiger charge is -2.19. The number of ether oxygens (including phenoxy) is 3. The summed E-state index contributed by atoms with van der Waals surface area (Å²) < 4.78 is 16.0. The molecule has 9 heteroatoms. The predicted octanol–water partition coefficient (Wildman–Crippen LogP) is 3.63. The van der Waals surface area contributed by atoms with Gasteiger partial charge in [-0.1, -0.05) is 12.1 Å². The summed E-state index contributed by atoms with van der Waals surface area (Å²) in [6, 6.07) is 14.2. The van der Waals surface area contributed by atoms with Crippen LogP contribution in [0.1, 0.15) is 39.7 Å². The average Bonchev–Trinajstić information content (AvgIpc) is 2.77. The molecule has 0 saturated heterocycles. The zero-order chi connectivity index (χ0) is 25.0. The first-order valence-corrected chi connectivity index (χ1v) is 11.1. The number of hydrogen-bond acceptors (Lipinski definition) is 6. The number of rotatable bonds is 11. The first kappa shape index (κ1) is 26.5. The van der Waals surface area contributed by atoms with Crippen molar-refractivity contribution in [3.8, 4) is 11.5 Å². The van der Waals surface area contributed by atoms with Crippen LogP contribution >= 0.6 is 0 Å². The summed E-state index contributed by atoms with van der Waals surface area (Å²) in [5.41, 5.74) is 0.912. The summed E-state index contributed by atoms with van der Waals surface area (Å²) in [5.74, 6) is 0.839. The number of amides is 3. The molecule has 0 saturated carbocycles. The molecule has 3 N–H and O–H groups in total. The highest BCUT2D eigenvalue weighted by Gasteiger charge is 2.15. The molecular formula is C25H33N3O6. The summed E-state index contributed by atoms with van der Waals surface area (Å²) in [6.07, 6.45) is -0.412.